The molecule has 1 aromatic heterocycles. The summed E-state index contributed by atoms with van der Waals surface area (Å²) in [6, 6.07) is 6.05. The zero-order valence-electron chi connectivity index (χ0n) is 9.71. The van der Waals surface area contributed by atoms with E-state index in [1.165, 1.54) is 32.1 Å². The summed E-state index contributed by atoms with van der Waals surface area (Å²) >= 11 is 0. The second-order valence-corrected chi connectivity index (χ2v) is 3.91. The summed E-state index contributed by atoms with van der Waals surface area (Å²) in [5, 5.41) is 3.42. The molecule has 0 spiro atoms. The average molecular weight is 206 g/mol. The van der Waals surface area contributed by atoms with Crippen LogP contribution in [0.3, 0.4) is 0 Å². The van der Waals surface area contributed by atoms with E-state index in [9.17, 15) is 0 Å². The van der Waals surface area contributed by atoms with Crippen molar-refractivity contribution >= 4 is 0 Å². The van der Waals surface area contributed by atoms with E-state index in [2.05, 4.69) is 23.3 Å². The van der Waals surface area contributed by atoms with Crippen LogP contribution in [0.2, 0.25) is 0 Å². The van der Waals surface area contributed by atoms with Gasteiger partial charge in [-0.2, -0.15) is 0 Å². The molecule has 1 aromatic rings. The predicted molar refractivity (Wildman–Crippen MR) is 64.7 cm³/mol. The maximum Gasteiger partial charge on any atom is 0.0541 e. The van der Waals surface area contributed by atoms with Gasteiger partial charge in [-0.1, -0.05) is 38.7 Å². The van der Waals surface area contributed by atoms with Gasteiger partial charge in [-0.25, -0.2) is 0 Å². The molecule has 0 bridgehead atoms. The van der Waals surface area contributed by atoms with E-state index < -0.39 is 0 Å². The Morgan fingerprint density at radius 2 is 2.00 bits per heavy atom. The minimum atomic E-state index is 0.897. The highest BCUT2D eigenvalue weighted by atomic mass is 14.9. The molecule has 1 N–H and O–H groups in total. The third kappa shape index (κ3) is 6.24. The number of nitrogens with one attached hydrogen (secondary N) is 1. The third-order valence-corrected chi connectivity index (χ3v) is 2.49. The molecule has 0 saturated heterocycles. The minimum Gasteiger partial charge on any atom is -0.311 e. The first-order valence-corrected chi connectivity index (χ1v) is 6.04. The number of rotatable bonds is 8. The summed E-state index contributed by atoms with van der Waals surface area (Å²) in [6.07, 6.45) is 8.55. The number of hydrogen-bond acceptors (Lipinski definition) is 2. The molecule has 84 valence electrons. The van der Waals surface area contributed by atoms with Crippen molar-refractivity contribution < 1.29 is 0 Å². The topological polar surface area (TPSA) is 24.9 Å². The Hall–Kier alpha value is -0.890. The van der Waals surface area contributed by atoms with Crippen molar-refractivity contribution in [3.8, 4) is 0 Å². The Bertz CT molecular complexity index is 234. The monoisotopic (exact) mass is 206 g/mol. The van der Waals surface area contributed by atoms with Crippen molar-refractivity contribution in [2.75, 3.05) is 6.54 Å². The lowest BCUT2D eigenvalue weighted by atomic mass is 10.1. The highest BCUT2D eigenvalue weighted by molar-refractivity contribution is 5.02. The largest absolute Gasteiger partial charge is 0.311 e. The highest BCUT2D eigenvalue weighted by Crippen LogP contribution is 2.01. The maximum absolute atomic E-state index is 4.26. The van der Waals surface area contributed by atoms with Gasteiger partial charge in [-0.15, -0.1) is 0 Å². The number of nitrogens with zero attached hydrogens (tertiary/aromatic N) is 1. The van der Waals surface area contributed by atoms with Gasteiger partial charge >= 0.3 is 0 Å². The van der Waals surface area contributed by atoms with Gasteiger partial charge in [0.15, 0.2) is 0 Å². The van der Waals surface area contributed by atoms with Gasteiger partial charge in [0.1, 0.15) is 0 Å². The number of aromatic nitrogens is 1. The summed E-state index contributed by atoms with van der Waals surface area (Å²) in [4.78, 5) is 4.26. The van der Waals surface area contributed by atoms with E-state index in [0.29, 0.717) is 0 Å². The van der Waals surface area contributed by atoms with E-state index in [0.717, 1.165) is 18.8 Å². The van der Waals surface area contributed by atoms with E-state index >= 15 is 0 Å². The molecule has 0 aromatic carbocycles. The van der Waals surface area contributed by atoms with Gasteiger partial charge in [-0.05, 0) is 25.1 Å². The smallest absolute Gasteiger partial charge is 0.0541 e. The molecule has 0 radical (unpaired) electrons. The molecule has 15 heavy (non-hydrogen) atoms. The van der Waals surface area contributed by atoms with Gasteiger partial charge in [0.05, 0.1) is 5.69 Å². The second-order valence-electron chi connectivity index (χ2n) is 3.91. The molecule has 0 atom stereocenters. The van der Waals surface area contributed by atoms with Crippen LogP contribution in [0.25, 0.3) is 0 Å². The lowest BCUT2D eigenvalue weighted by Crippen LogP contribution is -2.15. The molecule has 0 aliphatic heterocycles. The maximum atomic E-state index is 4.26. The summed E-state index contributed by atoms with van der Waals surface area (Å²) in [6.45, 7) is 4.26. The van der Waals surface area contributed by atoms with E-state index in [-0.39, 0.29) is 0 Å². The van der Waals surface area contributed by atoms with Crippen molar-refractivity contribution in [3.05, 3.63) is 30.1 Å². The van der Waals surface area contributed by atoms with Crippen molar-refractivity contribution in [1.29, 1.82) is 0 Å². The van der Waals surface area contributed by atoms with Crippen molar-refractivity contribution in [2.45, 2.75) is 45.6 Å². The molecule has 0 amide bonds. The first kappa shape index (κ1) is 12.2. The SMILES string of the molecule is CCCCCCCNCc1ccccn1. The molecule has 1 heterocycles. The highest BCUT2D eigenvalue weighted by Gasteiger charge is 1.92. The Balaban J connectivity index is 1.93. The van der Waals surface area contributed by atoms with Crippen LogP contribution in [0.15, 0.2) is 24.4 Å². The van der Waals surface area contributed by atoms with Crippen LogP contribution in [0.5, 0.6) is 0 Å². The fourth-order valence-corrected chi connectivity index (χ4v) is 1.57. The van der Waals surface area contributed by atoms with Gasteiger partial charge in [0.2, 0.25) is 0 Å². The molecule has 0 aliphatic rings. The quantitative estimate of drug-likeness (QED) is 0.661. The number of hydrogen-bond donors (Lipinski definition) is 1. The average Bonchev–Trinajstić information content (AvgIpc) is 2.29. The fraction of sp³-hybridized carbons (Fsp3) is 0.615. The Morgan fingerprint density at radius 1 is 1.13 bits per heavy atom. The predicted octanol–water partition coefficient (Wildman–Crippen LogP) is 3.14. The molecule has 0 aliphatic carbocycles. The summed E-state index contributed by atoms with van der Waals surface area (Å²) < 4.78 is 0. The van der Waals surface area contributed by atoms with Crippen LogP contribution in [-0.2, 0) is 6.54 Å². The minimum absolute atomic E-state index is 0.897. The molecule has 0 unspecified atom stereocenters. The van der Waals surface area contributed by atoms with E-state index in [1.807, 2.05) is 18.3 Å². The molecular weight excluding hydrogens is 184 g/mol. The van der Waals surface area contributed by atoms with Crippen LogP contribution >= 0.6 is 0 Å². The van der Waals surface area contributed by atoms with E-state index in [1.54, 1.807) is 0 Å². The van der Waals surface area contributed by atoms with Crippen LogP contribution < -0.4 is 5.32 Å². The van der Waals surface area contributed by atoms with Crippen molar-refractivity contribution in [2.24, 2.45) is 0 Å². The van der Waals surface area contributed by atoms with Crippen LogP contribution in [0.4, 0.5) is 0 Å². The number of unbranched alkanes of at least 4 members (excludes halogenated alkanes) is 4. The first-order chi connectivity index (χ1) is 7.43. The third-order valence-electron chi connectivity index (χ3n) is 2.49. The molecular formula is C13H22N2. The molecule has 2 heteroatoms. The van der Waals surface area contributed by atoms with E-state index in [4.69, 9.17) is 0 Å². The summed E-state index contributed by atoms with van der Waals surface area (Å²) in [7, 11) is 0. The van der Waals surface area contributed by atoms with Crippen molar-refractivity contribution in [1.82, 2.24) is 10.3 Å². The van der Waals surface area contributed by atoms with Gasteiger partial charge in [0, 0.05) is 12.7 Å². The first-order valence-electron chi connectivity index (χ1n) is 6.04. The zero-order chi connectivity index (χ0) is 10.8. The molecule has 2 nitrogen and oxygen atoms in total. The lowest BCUT2D eigenvalue weighted by Gasteiger charge is -2.03. The van der Waals surface area contributed by atoms with Crippen LogP contribution in [-0.4, -0.2) is 11.5 Å². The zero-order valence-corrected chi connectivity index (χ0v) is 9.71. The number of pyridine rings is 1. The summed E-state index contributed by atoms with van der Waals surface area (Å²) in [5.74, 6) is 0. The standard InChI is InChI=1S/C13H22N2/c1-2-3-4-5-7-10-14-12-13-9-6-8-11-15-13/h6,8-9,11,14H,2-5,7,10,12H2,1H3. The molecule has 0 saturated carbocycles. The summed E-state index contributed by atoms with van der Waals surface area (Å²) in [5.41, 5.74) is 1.13. The molecule has 1 rings (SSSR count). The van der Waals surface area contributed by atoms with Crippen molar-refractivity contribution in [3.63, 3.8) is 0 Å². The normalized spacial score (nSPS) is 10.5. The lowest BCUT2D eigenvalue weighted by molar-refractivity contribution is 0.580. The Kier molecular flexibility index (Phi) is 6.84. The van der Waals surface area contributed by atoms with Gasteiger partial charge < -0.3 is 5.32 Å². The van der Waals surface area contributed by atoms with Crippen LogP contribution in [0, 0.1) is 0 Å². The second kappa shape index (κ2) is 8.42. The van der Waals surface area contributed by atoms with Gasteiger partial charge in [0.25, 0.3) is 0 Å². The Morgan fingerprint density at radius 3 is 2.73 bits per heavy atom. The molecule has 0 fully saturated rings. The van der Waals surface area contributed by atoms with Crippen LogP contribution in [0.1, 0.15) is 44.7 Å². The fourth-order valence-electron chi connectivity index (χ4n) is 1.57. The van der Waals surface area contributed by atoms with Gasteiger partial charge in [-0.3, -0.25) is 4.98 Å². The Labute approximate surface area is 93.1 Å².